The van der Waals surface area contributed by atoms with Gasteiger partial charge in [0, 0.05) is 0 Å². The quantitative estimate of drug-likeness (QED) is 0.374. The molecule has 30 heavy (non-hydrogen) atoms. The van der Waals surface area contributed by atoms with Gasteiger partial charge in [0.1, 0.15) is 0 Å². The Kier molecular flexibility index (Phi) is 7.19. The molecule has 0 aliphatic rings. The highest BCUT2D eigenvalue weighted by molar-refractivity contribution is 5.76. The first-order valence-electron chi connectivity index (χ1n) is 11.6. The van der Waals surface area contributed by atoms with Crippen LogP contribution in [0.4, 0.5) is 0 Å². The molecule has 3 aromatic carbocycles. The summed E-state index contributed by atoms with van der Waals surface area (Å²) in [6, 6.07) is 21.0. The van der Waals surface area contributed by atoms with E-state index in [9.17, 15) is 0 Å². The van der Waals surface area contributed by atoms with E-state index in [1.54, 1.807) is 0 Å². The highest BCUT2D eigenvalue weighted by Crippen LogP contribution is 2.33. The van der Waals surface area contributed by atoms with Crippen LogP contribution in [0.15, 0.2) is 54.6 Å². The van der Waals surface area contributed by atoms with E-state index in [0.29, 0.717) is 11.8 Å². The first kappa shape index (κ1) is 22.3. The molecule has 0 unspecified atom stereocenters. The zero-order valence-electron chi connectivity index (χ0n) is 20.0. The molecular formula is C30H38. The second-order valence-electron chi connectivity index (χ2n) is 9.72. The van der Waals surface area contributed by atoms with Crippen LogP contribution in [0, 0.1) is 25.7 Å². The molecule has 3 aromatic rings. The van der Waals surface area contributed by atoms with Gasteiger partial charge in [0.15, 0.2) is 0 Å². The van der Waals surface area contributed by atoms with Gasteiger partial charge in [0.2, 0.25) is 0 Å². The minimum Gasteiger partial charge on any atom is -0.0625 e. The van der Waals surface area contributed by atoms with Crippen molar-refractivity contribution in [1.82, 2.24) is 0 Å². The molecule has 0 aromatic heterocycles. The van der Waals surface area contributed by atoms with E-state index in [1.807, 2.05) is 0 Å². The molecule has 0 atom stereocenters. The minimum atomic E-state index is 0.655. The first-order chi connectivity index (χ1) is 14.3. The predicted octanol–water partition coefficient (Wildman–Crippen LogP) is 8.60. The molecule has 0 aliphatic carbocycles. The van der Waals surface area contributed by atoms with E-state index >= 15 is 0 Å². The van der Waals surface area contributed by atoms with Gasteiger partial charge < -0.3 is 0 Å². The number of rotatable bonds is 7. The number of aryl methyl sites for hydroxylation is 3. The maximum Gasteiger partial charge on any atom is -0.0151 e. The van der Waals surface area contributed by atoms with Crippen LogP contribution in [0.2, 0.25) is 0 Å². The van der Waals surface area contributed by atoms with Gasteiger partial charge in [-0.2, -0.15) is 0 Å². The molecule has 0 nitrogen and oxygen atoms in total. The molecule has 0 saturated heterocycles. The van der Waals surface area contributed by atoms with Crippen LogP contribution in [0.5, 0.6) is 0 Å². The number of hydrogen-bond acceptors (Lipinski definition) is 0. The Morgan fingerprint density at radius 2 is 1.13 bits per heavy atom. The lowest BCUT2D eigenvalue weighted by atomic mass is 9.88. The van der Waals surface area contributed by atoms with Crippen molar-refractivity contribution >= 4 is 0 Å². The van der Waals surface area contributed by atoms with Gasteiger partial charge in [-0.15, -0.1) is 0 Å². The van der Waals surface area contributed by atoms with E-state index < -0.39 is 0 Å². The SMILES string of the molecule is CCc1cc(-c2ccc(C)cc2CC(C)C)ccc1-c1ccc(C)c(CC(C)C)c1. The summed E-state index contributed by atoms with van der Waals surface area (Å²) in [5.41, 5.74) is 12.6. The first-order valence-corrected chi connectivity index (χ1v) is 11.6. The minimum absolute atomic E-state index is 0.655. The standard InChI is InChI=1S/C30H38/c1-8-24-18-26(30-13-9-22(6)17-28(30)16-21(4)5)12-14-29(24)25-11-10-23(7)27(19-25)15-20(2)3/h9-14,17-21H,8,15-16H2,1-7H3. The zero-order valence-corrected chi connectivity index (χ0v) is 20.0. The lowest BCUT2D eigenvalue weighted by Gasteiger charge is -2.17. The van der Waals surface area contributed by atoms with Crippen LogP contribution in [0.3, 0.4) is 0 Å². The molecule has 0 heterocycles. The van der Waals surface area contributed by atoms with Crippen molar-refractivity contribution in [3.63, 3.8) is 0 Å². The summed E-state index contributed by atoms with van der Waals surface area (Å²) in [6.45, 7) is 15.9. The van der Waals surface area contributed by atoms with E-state index in [1.165, 1.54) is 50.1 Å². The summed E-state index contributed by atoms with van der Waals surface area (Å²) < 4.78 is 0. The molecule has 3 rings (SSSR count). The summed E-state index contributed by atoms with van der Waals surface area (Å²) >= 11 is 0. The maximum absolute atomic E-state index is 2.42. The molecule has 0 amide bonds. The van der Waals surface area contributed by atoms with E-state index in [2.05, 4.69) is 103 Å². The third kappa shape index (κ3) is 5.22. The van der Waals surface area contributed by atoms with Crippen molar-refractivity contribution in [2.24, 2.45) is 11.8 Å². The topological polar surface area (TPSA) is 0 Å². The van der Waals surface area contributed by atoms with Crippen molar-refractivity contribution in [2.45, 2.75) is 67.7 Å². The Labute approximate surface area is 184 Å². The van der Waals surface area contributed by atoms with Gasteiger partial charge in [-0.3, -0.25) is 0 Å². The van der Waals surface area contributed by atoms with Gasteiger partial charge in [-0.1, -0.05) is 94.8 Å². The van der Waals surface area contributed by atoms with Gasteiger partial charge >= 0.3 is 0 Å². The van der Waals surface area contributed by atoms with E-state index in [4.69, 9.17) is 0 Å². The summed E-state index contributed by atoms with van der Waals surface area (Å²) in [4.78, 5) is 0. The predicted molar refractivity (Wildman–Crippen MR) is 133 cm³/mol. The Morgan fingerprint density at radius 3 is 1.77 bits per heavy atom. The average molecular weight is 399 g/mol. The smallest absolute Gasteiger partial charge is 0.0151 e. The van der Waals surface area contributed by atoms with E-state index in [0.717, 1.165) is 19.3 Å². The molecular weight excluding hydrogens is 360 g/mol. The third-order valence-corrected chi connectivity index (χ3v) is 5.97. The number of hydrogen-bond donors (Lipinski definition) is 0. The third-order valence-electron chi connectivity index (χ3n) is 5.97. The molecule has 0 bridgehead atoms. The fraction of sp³-hybridized carbons (Fsp3) is 0.400. The van der Waals surface area contributed by atoms with Crippen molar-refractivity contribution < 1.29 is 0 Å². The zero-order chi connectivity index (χ0) is 21.8. The molecule has 0 fully saturated rings. The summed E-state index contributed by atoms with van der Waals surface area (Å²) in [6.07, 6.45) is 3.31. The second-order valence-corrected chi connectivity index (χ2v) is 9.72. The lowest BCUT2D eigenvalue weighted by Crippen LogP contribution is -1.99. The van der Waals surface area contributed by atoms with Gasteiger partial charge in [-0.05, 0) is 89.5 Å². The van der Waals surface area contributed by atoms with Crippen molar-refractivity contribution in [2.75, 3.05) is 0 Å². The van der Waals surface area contributed by atoms with Crippen LogP contribution < -0.4 is 0 Å². The summed E-state index contributed by atoms with van der Waals surface area (Å²) in [7, 11) is 0. The molecule has 0 N–H and O–H groups in total. The Morgan fingerprint density at radius 1 is 0.600 bits per heavy atom. The molecule has 0 aliphatic heterocycles. The van der Waals surface area contributed by atoms with Crippen LogP contribution in [0.25, 0.3) is 22.3 Å². The molecule has 0 spiro atoms. The highest BCUT2D eigenvalue weighted by atomic mass is 14.2. The van der Waals surface area contributed by atoms with Gasteiger partial charge in [-0.25, -0.2) is 0 Å². The monoisotopic (exact) mass is 398 g/mol. The van der Waals surface area contributed by atoms with Crippen molar-refractivity contribution in [3.8, 4) is 22.3 Å². The lowest BCUT2D eigenvalue weighted by molar-refractivity contribution is 0.645. The average Bonchev–Trinajstić information content (AvgIpc) is 2.68. The van der Waals surface area contributed by atoms with Gasteiger partial charge in [0.05, 0.1) is 0 Å². The normalized spacial score (nSPS) is 11.5. The Balaban J connectivity index is 2.05. The summed E-state index contributed by atoms with van der Waals surface area (Å²) in [5.74, 6) is 1.33. The molecule has 0 radical (unpaired) electrons. The van der Waals surface area contributed by atoms with Crippen LogP contribution in [-0.4, -0.2) is 0 Å². The highest BCUT2D eigenvalue weighted by Gasteiger charge is 2.12. The van der Waals surface area contributed by atoms with E-state index in [-0.39, 0.29) is 0 Å². The largest absolute Gasteiger partial charge is 0.0625 e. The summed E-state index contributed by atoms with van der Waals surface area (Å²) in [5, 5.41) is 0. The van der Waals surface area contributed by atoms with Crippen molar-refractivity contribution in [1.29, 1.82) is 0 Å². The maximum atomic E-state index is 2.42. The number of benzene rings is 3. The Hall–Kier alpha value is -2.34. The fourth-order valence-electron chi connectivity index (χ4n) is 4.45. The van der Waals surface area contributed by atoms with Crippen LogP contribution >= 0.6 is 0 Å². The molecule has 0 saturated carbocycles. The fourth-order valence-corrected chi connectivity index (χ4v) is 4.45. The Bertz CT molecular complexity index is 1000. The molecule has 158 valence electrons. The molecule has 0 heteroatoms. The van der Waals surface area contributed by atoms with Gasteiger partial charge in [0.25, 0.3) is 0 Å². The van der Waals surface area contributed by atoms with Crippen LogP contribution in [-0.2, 0) is 19.3 Å². The van der Waals surface area contributed by atoms with Crippen LogP contribution in [0.1, 0.15) is 62.4 Å². The van der Waals surface area contributed by atoms with Crippen molar-refractivity contribution in [3.05, 3.63) is 82.4 Å². The second kappa shape index (κ2) is 9.65.